The van der Waals surface area contributed by atoms with Crippen molar-refractivity contribution in [3.63, 3.8) is 0 Å². The molecule has 4 rings (SSSR count). The SMILES string of the molecule is O=C(NCc1ccc2c(c1)CNC2)C1CC(=O)N(c2ccccc2F)C1. The van der Waals surface area contributed by atoms with Crippen LogP contribution in [0.25, 0.3) is 0 Å². The number of halogens is 1. The second-order valence-corrected chi connectivity index (χ2v) is 6.78. The topological polar surface area (TPSA) is 61.4 Å². The third kappa shape index (κ3) is 3.20. The number of nitrogens with zero attached hydrogens (tertiary/aromatic N) is 1. The maximum absolute atomic E-state index is 13.9. The Labute approximate surface area is 151 Å². The Bertz CT molecular complexity index is 868. The van der Waals surface area contributed by atoms with Gasteiger partial charge in [0.15, 0.2) is 0 Å². The van der Waals surface area contributed by atoms with E-state index in [4.69, 9.17) is 0 Å². The lowest BCUT2D eigenvalue weighted by Crippen LogP contribution is -2.32. The highest BCUT2D eigenvalue weighted by atomic mass is 19.1. The molecule has 2 aliphatic rings. The average Bonchev–Trinajstić information content (AvgIpc) is 3.26. The molecule has 0 aromatic heterocycles. The molecule has 2 heterocycles. The largest absolute Gasteiger partial charge is 0.352 e. The first-order valence-corrected chi connectivity index (χ1v) is 8.76. The monoisotopic (exact) mass is 353 g/mol. The van der Waals surface area contributed by atoms with Crippen LogP contribution in [0.15, 0.2) is 42.5 Å². The highest BCUT2D eigenvalue weighted by Crippen LogP contribution is 2.27. The van der Waals surface area contributed by atoms with Gasteiger partial charge in [-0.2, -0.15) is 0 Å². The van der Waals surface area contributed by atoms with E-state index >= 15 is 0 Å². The van der Waals surface area contributed by atoms with Gasteiger partial charge in [-0.25, -0.2) is 4.39 Å². The Balaban J connectivity index is 1.38. The molecule has 1 unspecified atom stereocenters. The third-order valence-corrected chi connectivity index (χ3v) is 5.01. The smallest absolute Gasteiger partial charge is 0.227 e. The second kappa shape index (κ2) is 6.88. The number of fused-ring (bicyclic) bond motifs is 1. The number of nitrogens with one attached hydrogen (secondary N) is 2. The fourth-order valence-corrected chi connectivity index (χ4v) is 3.58. The molecule has 26 heavy (non-hydrogen) atoms. The molecule has 5 nitrogen and oxygen atoms in total. The van der Waals surface area contributed by atoms with Crippen LogP contribution >= 0.6 is 0 Å². The molecule has 1 atom stereocenters. The van der Waals surface area contributed by atoms with Crippen molar-refractivity contribution in [3.05, 3.63) is 65.0 Å². The summed E-state index contributed by atoms with van der Waals surface area (Å²) in [6.45, 7) is 2.38. The fraction of sp³-hybridized carbons (Fsp3) is 0.300. The van der Waals surface area contributed by atoms with Gasteiger partial charge >= 0.3 is 0 Å². The van der Waals surface area contributed by atoms with E-state index in [0.717, 1.165) is 18.7 Å². The predicted octanol–water partition coefficient (Wildman–Crippen LogP) is 2.10. The maximum atomic E-state index is 13.9. The van der Waals surface area contributed by atoms with Crippen LogP contribution in [0.5, 0.6) is 0 Å². The number of carbonyl (C=O) groups excluding carboxylic acids is 2. The zero-order valence-corrected chi connectivity index (χ0v) is 14.3. The third-order valence-electron chi connectivity index (χ3n) is 5.01. The fourth-order valence-electron chi connectivity index (χ4n) is 3.58. The van der Waals surface area contributed by atoms with Crippen LogP contribution in [0.2, 0.25) is 0 Å². The summed E-state index contributed by atoms with van der Waals surface area (Å²) in [4.78, 5) is 26.0. The first-order chi connectivity index (χ1) is 12.6. The zero-order chi connectivity index (χ0) is 18.1. The van der Waals surface area contributed by atoms with Crippen molar-refractivity contribution in [1.82, 2.24) is 10.6 Å². The summed E-state index contributed by atoms with van der Waals surface area (Å²) in [7, 11) is 0. The first kappa shape index (κ1) is 16.7. The van der Waals surface area contributed by atoms with Gasteiger partial charge in [-0.15, -0.1) is 0 Å². The van der Waals surface area contributed by atoms with Crippen molar-refractivity contribution in [2.45, 2.75) is 26.1 Å². The lowest BCUT2D eigenvalue weighted by molar-refractivity contribution is -0.126. The normalized spacial score (nSPS) is 18.9. The number of benzene rings is 2. The van der Waals surface area contributed by atoms with Crippen LogP contribution in [-0.2, 0) is 29.2 Å². The van der Waals surface area contributed by atoms with E-state index in [2.05, 4.69) is 22.8 Å². The predicted molar refractivity (Wildman–Crippen MR) is 95.7 cm³/mol. The number of hydrogen-bond donors (Lipinski definition) is 2. The highest BCUT2D eigenvalue weighted by molar-refractivity contribution is 6.00. The van der Waals surface area contributed by atoms with Crippen LogP contribution in [-0.4, -0.2) is 18.4 Å². The number of para-hydroxylation sites is 1. The number of amides is 2. The molecule has 1 fully saturated rings. The summed E-state index contributed by atoms with van der Waals surface area (Å²) >= 11 is 0. The minimum absolute atomic E-state index is 0.105. The second-order valence-electron chi connectivity index (χ2n) is 6.78. The van der Waals surface area contributed by atoms with E-state index in [1.807, 2.05) is 6.07 Å². The van der Waals surface area contributed by atoms with Crippen LogP contribution in [0.1, 0.15) is 23.1 Å². The van der Waals surface area contributed by atoms with Crippen LogP contribution in [0, 0.1) is 11.7 Å². The standard InChI is InChI=1S/C20H20FN3O2/c21-17-3-1-2-4-18(17)24-12-16(8-19(24)25)20(26)23-9-13-5-6-14-10-22-11-15(14)7-13/h1-7,16,22H,8-12H2,(H,23,26). The highest BCUT2D eigenvalue weighted by Gasteiger charge is 2.35. The molecule has 2 amide bonds. The Morgan fingerprint density at radius 1 is 1.19 bits per heavy atom. The van der Waals surface area contributed by atoms with Gasteiger partial charge in [-0.05, 0) is 28.8 Å². The van der Waals surface area contributed by atoms with E-state index < -0.39 is 11.7 Å². The summed E-state index contributed by atoms with van der Waals surface area (Å²) in [5.41, 5.74) is 3.83. The quantitative estimate of drug-likeness (QED) is 0.885. The Hall–Kier alpha value is -2.73. The van der Waals surface area contributed by atoms with Gasteiger partial charge in [0.1, 0.15) is 5.82 Å². The minimum Gasteiger partial charge on any atom is -0.352 e. The van der Waals surface area contributed by atoms with Crippen molar-refractivity contribution >= 4 is 17.5 Å². The van der Waals surface area contributed by atoms with Crippen molar-refractivity contribution in [2.24, 2.45) is 5.92 Å². The van der Waals surface area contributed by atoms with Crippen molar-refractivity contribution < 1.29 is 14.0 Å². The molecule has 1 saturated heterocycles. The molecule has 2 aliphatic heterocycles. The Morgan fingerprint density at radius 3 is 2.85 bits per heavy atom. The molecule has 2 aromatic rings. The number of hydrogen-bond acceptors (Lipinski definition) is 3. The minimum atomic E-state index is -0.460. The van der Waals surface area contributed by atoms with Gasteiger partial charge < -0.3 is 15.5 Å². The summed E-state index contributed by atoms with van der Waals surface area (Å²) in [6, 6.07) is 12.3. The van der Waals surface area contributed by atoms with E-state index in [0.29, 0.717) is 6.54 Å². The summed E-state index contributed by atoms with van der Waals surface area (Å²) in [5, 5.41) is 6.20. The maximum Gasteiger partial charge on any atom is 0.227 e. The van der Waals surface area contributed by atoms with Gasteiger partial charge in [0.2, 0.25) is 11.8 Å². The Kier molecular flexibility index (Phi) is 4.42. The number of carbonyl (C=O) groups is 2. The number of rotatable bonds is 4. The van der Waals surface area contributed by atoms with Crippen LogP contribution in [0.4, 0.5) is 10.1 Å². The van der Waals surface area contributed by atoms with E-state index in [9.17, 15) is 14.0 Å². The van der Waals surface area contributed by atoms with Gasteiger partial charge in [0.05, 0.1) is 11.6 Å². The van der Waals surface area contributed by atoms with Gasteiger partial charge in [-0.3, -0.25) is 9.59 Å². The first-order valence-electron chi connectivity index (χ1n) is 8.76. The number of anilines is 1. The van der Waals surface area contributed by atoms with Crippen molar-refractivity contribution in [2.75, 3.05) is 11.4 Å². The average molecular weight is 353 g/mol. The molecule has 134 valence electrons. The van der Waals surface area contributed by atoms with E-state index in [1.165, 1.54) is 22.1 Å². The van der Waals surface area contributed by atoms with Crippen LogP contribution < -0.4 is 15.5 Å². The Morgan fingerprint density at radius 2 is 2.00 bits per heavy atom. The van der Waals surface area contributed by atoms with Gasteiger partial charge in [-0.1, -0.05) is 30.3 Å². The molecular formula is C20H20FN3O2. The summed E-state index contributed by atoms with van der Waals surface area (Å²) in [5.74, 6) is -1.30. The molecular weight excluding hydrogens is 333 g/mol. The van der Waals surface area contributed by atoms with Crippen molar-refractivity contribution in [3.8, 4) is 0 Å². The van der Waals surface area contributed by atoms with Gasteiger partial charge in [0, 0.05) is 32.6 Å². The lowest BCUT2D eigenvalue weighted by Gasteiger charge is -2.17. The molecule has 0 saturated carbocycles. The summed E-state index contributed by atoms with van der Waals surface area (Å²) < 4.78 is 13.9. The molecule has 2 N–H and O–H groups in total. The van der Waals surface area contributed by atoms with E-state index in [-0.39, 0.29) is 30.5 Å². The molecule has 6 heteroatoms. The zero-order valence-electron chi connectivity index (χ0n) is 14.3. The van der Waals surface area contributed by atoms with Crippen molar-refractivity contribution in [1.29, 1.82) is 0 Å². The van der Waals surface area contributed by atoms with Gasteiger partial charge in [0.25, 0.3) is 0 Å². The molecule has 2 aromatic carbocycles. The molecule has 0 aliphatic carbocycles. The van der Waals surface area contributed by atoms with Crippen LogP contribution in [0.3, 0.4) is 0 Å². The summed E-state index contributed by atoms with van der Waals surface area (Å²) in [6.07, 6.45) is 0.105. The molecule has 0 radical (unpaired) electrons. The molecule has 0 bridgehead atoms. The van der Waals surface area contributed by atoms with E-state index in [1.54, 1.807) is 18.2 Å². The lowest BCUT2D eigenvalue weighted by atomic mass is 10.1. The molecule has 0 spiro atoms.